The van der Waals surface area contributed by atoms with Crippen molar-refractivity contribution in [3.8, 4) is 0 Å². The lowest BCUT2D eigenvalue weighted by atomic mass is 9.86. The first-order valence-electron chi connectivity index (χ1n) is 13.8. The van der Waals surface area contributed by atoms with Gasteiger partial charge < -0.3 is 15.6 Å². The fraction of sp³-hybridized carbons (Fsp3) is 0.516. The van der Waals surface area contributed by atoms with Gasteiger partial charge in [0.25, 0.3) is 0 Å². The third-order valence-electron chi connectivity index (χ3n) is 8.37. The number of hydrogen-bond acceptors (Lipinski definition) is 2. The summed E-state index contributed by atoms with van der Waals surface area (Å²) >= 11 is 0. The van der Waals surface area contributed by atoms with E-state index in [1.54, 1.807) is 0 Å². The monoisotopic (exact) mass is 507 g/mol. The van der Waals surface area contributed by atoms with Crippen molar-refractivity contribution in [1.82, 2.24) is 9.88 Å². The minimum absolute atomic E-state index is 0. The minimum atomic E-state index is 0. The Labute approximate surface area is 222 Å². The van der Waals surface area contributed by atoms with Crippen LogP contribution in [0.3, 0.4) is 0 Å². The minimum Gasteiger partial charge on any atom is -0.352 e. The van der Waals surface area contributed by atoms with Crippen LogP contribution in [-0.2, 0) is 11.3 Å². The van der Waals surface area contributed by atoms with Crippen molar-refractivity contribution in [3.63, 3.8) is 0 Å². The summed E-state index contributed by atoms with van der Waals surface area (Å²) < 4.78 is 2.47. The number of benzene rings is 2. The van der Waals surface area contributed by atoms with Gasteiger partial charge in [0.1, 0.15) is 0 Å². The van der Waals surface area contributed by atoms with Crippen LogP contribution in [0.2, 0.25) is 0 Å². The molecule has 2 aliphatic rings. The number of rotatable bonds is 7. The second-order valence-electron chi connectivity index (χ2n) is 11.1. The van der Waals surface area contributed by atoms with E-state index in [-0.39, 0.29) is 36.3 Å². The van der Waals surface area contributed by atoms with E-state index >= 15 is 0 Å². The lowest BCUT2D eigenvalue weighted by Crippen LogP contribution is -2.49. The number of carbonyl (C=O) groups is 1. The molecule has 4 nitrogen and oxygen atoms in total. The predicted molar refractivity (Wildman–Crippen MR) is 152 cm³/mol. The molecule has 3 aromatic rings. The van der Waals surface area contributed by atoms with Crippen molar-refractivity contribution in [2.75, 3.05) is 0 Å². The molecule has 0 aliphatic heterocycles. The highest BCUT2D eigenvalue weighted by Gasteiger charge is 2.27. The molecule has 0 saturated heterocycles. The van der Waals surface area contributed by atoms with Gasteiger partial charge in [-0.2, -0.15) is 0 Å². The third kappa shape index (κ3) is 6.15. The molecule has 36 heavy (non-hydrogen) atoms. The average Bonchev–Trinajstić information content (AvgIpc) is 3.23. The van der Waals surface area contributed by atoms with E-state index in [2.05, 4.69) is 71.5 Å². The third-order valence-corrected chi connectivity index (χ3v) is 8.37. The smallest absolute Gasteiger partial charge is 0.221 e. The maximum absolute atomic E-state index is 13.4. The topological polar surface area (TPSA) is 60.1 Å². The number of hydrogen-bond donors (Lipinski definition) is 2. The van der Waals surface area contributed by atoms with Gasteiger partial charge in [-0.3, -0.25) is 4.79 Å². The molecule has 2 aliphatic carbocycles. The van der Waals surface area contributed by atoms with Crippen molar-refractivity contribution in [2.45, 2.75) is 95.7 Å². The van der Waals surface area contributed by atoms with Crippen molar-refractivity contribution in [2.24, 2.45) is 11.7 Å². The van der Waals surface area contributed by atoms with Crippen LogP contribution in [0, 0.1) is 12.8 Å². The van der Waals surface area contributed by atoms with E-state index in [1.165, 1.54) is 66.1 Å². The van der Waals surface area contributed by atoms with Gasteiger partial charge in [0.15, 0.2) is 0 Å². The number of aromatic nitrogens is 1. The molecule has 1 aromatic heterocycles. The van der Waals surface area contributed by atoms with E-state index in [1.807, 2.05) is 0 Å². The normalized spacial score (nSPS) is 21.6. The Kier molecular flexibility index (Phi) is 9.14. The van der Waals surface area contributed by atoms with Crippen LogP contribution >= 0.6 is 12.4 Å². The van der Waals surface area contributed by atoms with Crippen LogP contribution in [0.25, 0.3) is 10.9 Å². The number of amides is 1. The Balaban J connectivity index is 0.00000304. The van der Waals surface area contributed by atoms with Crippen LogP contribution in [0.15, 0.2) is 54.7 Å². The number of nitrogens with two attached hydrogens (primary N) is 1. The number of nitrogens with zero attached hydrogens (tertiary/aromatic N) is 1. The molecule has 5 heteroatoms. The number of fused-ring (bicyclic) bond motifs is 1. The molecule has 5 rings (SSSR count). The Morgan fingerprint density at radius 3 is 2.53 bits per heavy atom. The number of aryl methyl sites for hydroxylation is 1. The molecule has 2 saturated carbocycles. The number of carbonyl (C=O) groups excluding carboxylic acids is 1. The first-order valence-corrected chi connectivity index (χ1v) is 13.8. The maximum atomic E-state index is 13.4. The van der Waals surface area contributed by atoms with Gasteiger partial charge in [-0.05, 0) is 55.7 Å². The quantitative estimate of drug-likeness (QED) is 0.367. The molecule has 2 fully saturated rings. The van der Waals surface area contributed by atoms with Crippen LogP contribution < -0.4 is 11.1 Å². The zero-order chi connectivity index (χ0) is 24.2. The highest BCUT2D eigenvalue weighted by molar-refractivity contribution is 5.87. The molecule has 1 amide bonds. The first kappa shape index (κ1) is 26.8. The highest BCUT2D eigenvalue weighted by Crippen LogP contribution is 2.36. The van der Waals surface area contributed by atoms with Gasteiger partial charge in [-0.15, -0.1) is 12.4 Å². The lowest BCUT2D eigenvalue weighted by molar-refractivity contribution is -0.122. The van der Waals surface area contributed by atoms with E-state index in [0.717, 1.165) is 31.7 Å². The molecule has 3 atom stereocenters. The summed E-state index contributed by atoms with van der Waals surface area (Å²) in [6.45, 7) is 3.21. The van der Waals surface area contributed by atoms with Crippen LogP contribution in [0.5, 0.6) is 0 Å². The summed E-state index contributed by atoms with van der Waals surface area (Å²) in [4.78, 5) is 13.4. The van der Waals surface area contributed by atoms with Gasteiger partial charge in [0.05, 0.1) is 0 Å². The summed E-state index contributed by atoms with van der Waals surface area (Å²) in [5.74, 6) is 0.885. The van der Waals surface area contributed by atoms with Gasteiger partial charge in [0.2, 0.25) is 5.91 Å². The second kappa shape index (κ2) is 12.3. The Hall–Kier alpha value is -2.30. The van der Waals surface area contributed by atoms with Gasteiger partial charge >= 0.3 is 0 Å². The molecule has 0 bridgehead atoms. The zero-order valence-corrected chi connectivity index (χ0v) is 22.4. The Morgan fingerprint density at radius 1 is 1.00 bits per heavy atom. The SMILES string of the molecule is Cc1cccc(C(CC(=O)N[C@H]2CCCC[C@@H]2N)c2cn(CC3CCCCC3)c3ccccc23)c1.Cl. The number of para-hydroxylation sites is 1. The van der Waals surface area contributed by atoms with Crippen LogP contribution in [0.4, 0.5) is 0 Å². The lowest BCUT2D eigenvalue weighted by Gasteiger charge is -2.30. The fourth-order valence-corrected chi connectivity index (χ4v) is 6.44. The molecule has 2 aromatic carbocycles. The van der Waals surface area contributed by atoms with Crippen molar-refractivity contribution in [3.05, 3.63) is 71.4 Å². The average molecular weight is 508 g/mol. The fourth-order valence-electron chi connectivity index (χ4n) is 6.44. The van der Waals surface area contributed by atoms with E-state index in [4.69, 9.17) is 5.73 Å². The summed E-state index contributed by atoms with van der Waals surface area (Å²) in [6.07, 6.45) is 13.8. The van der Waals surface area contributed by atoms with Crippen LogP contribution in [-0.4, -0.2) is 22.6 Å². The molecule has 1 unspecified atom stereocenters. The van der Waals surface area contributed by atoms with Gasteiger partial charge in [0, 0.05) is 48.1 Å². The highest BCUT2D eigenvalue weighted by atomic mass is 35.5. The Bertz CT molecular complexity index is 1150. The summed E-state index contributed by atoms with van der Waals surface area (Å²) in [5, 5.41) is 4.58. The maximum Gasteiger partial charge on any atom is 0.221 e. The zero-order valence-electron chi connectivity index (χ0n) is 21.6. The standard InChI is InChI=1S/C31H41N3O.ClH/c1-22-10-9-13-24(18-22)26(19-31(35)33-29-16-7-6-15-28(29)32)27-21-34(20-23-11-3-2-4-12-23)30-17-8-5-14-25(27)30;/h5,8-10,13-14,17-18,21,23,26,28-29H,2-4,6-7,11-12,15-16,19-20,32H2,1H3,(H,33,35);1H/t26?,28-,29-;/m0./s1. The largest absolute Gasteiger partial charge is 0.352 e. The van der Waals surface area contributed by atoms with E-state index < -0.39 is 0 Å². The number of halogens is 1. The van der Waals surface area contributed by atoms with Crippen LogP contribution in [0.1, 0.15) is 86.8 Å². The Morgan fingerprint density at radius 2 is 1.75 bits per heavy atom. The summed E-state index contributed by atoms with van der Waals surface area (Å²) in [6, 6.07) is 17.6. The van der Waals surface area contributed by atoms with E-state index in [0.29, 0.717) is 6.42 Å². The molecular weight excluding hydrogens is 466 g/mol. The first-order chi connectivity index (χ1) is 17.1. The van der Waals surface area contributed by atoms with Crippen molar-refractivity contribution >= 4 is 29.2 Å². The molecule has 1 heterocycles. The molecule has 0 spiro atoms. The predicted octanol–water partition coefficient (Wildman–Crippen LogP) is 6.86. The second-order valence-corrected chi connectivity index (χ2v) is 11.1. The molecular formula is C31H42ClN3O. The molecule has 194 valence electrons. The van der Waals surface area contributed by atoms with Gasteiger partial charge in [-0.25, -0.2) is 0 Å². The summed E-state index contributed by atoms with van der Waals surface area (Å²) in [5.41, 5.74) is 11.4. The van der Waals surface area contributed by atoms with E-state index in [9.17, 15) is 4.79 Å². The van der Waals surface area contributed by atoms with Crippen molar-refractivity contribution < 1.29 is 4.79 Å². The molecule has 0 radical (unpaired) electrons. The molecule has 3 N–H and O–H groups in total. The van der Waals surface area contributed by atoms with Crippen molar-refractivity contribution in [1.29, 1.82) is 0 Å². The summed E-state index contributed by atoms with van der Waals surface area (Å²) in [7, 11) is 0. The van der Waals surface area contributed by atoms with Gasteiger partial charge in [-0.1, -0.05) is 80.1 Å². The number of nitrogens with one attached hydrogen (secondary N) is 1.